The lowest BCUT2D eigenvalue weighted by Gasteiger charge is -2.47. The normalized spacial score (nSPS) is 22.3. The molecule has 4 aromatic rings. The van der Waals surface area contributed by atoms with Crippen LogP contribution in [0.5, 0.6) is 6.01 Å². The molecule has 1 aromatic heterocycles. The number of aromatic nitrogens is 2. The molecular formula is C34H32Cl2FN5O2. The summed E-state index contributed by atoms with van der Waals surface area (Å²) in [5, 5.41) is 2.77. The Hall–Kier alpha value is -3.46. The van der Waals surface area contributed by atoms with Crippen molar-refractivity contribution in [2.24, 2.45) is 0 Å². The molecule has 0 unspecified atom stereocenters. The van der Waals surface area contributed by atoms with E-state index < -0.39 is 5.82 Å². The SMILES string of the molecule is C=CC(=O)N1CC[C@H]2[C@H]1CN2c1nc(OCC23CCCN2CCC3)nc2cc(-c3cccc4ccc(F)c(Cl)c34)c(Cl)cc12. The summed E-state index contributed by atoms with van der Waals surface area (Å²) < 4.78 is 21.1. The summed E-state index contributed by atoms with van der Waals surface area (Å²) in [6, 6.07) is 13.2. The summed E-state index contributed by atoms with van der Waals surface area (Å²) in [6.07, 6.45) is 6.83. The van der Waals surface area contributed by atoms with Gasteiger partial charge in [0.25, 0.3) is 0 Å². The van der Waals surface area contributed by atoms with Crippen LogP contribution in [0, 0.1) is 5.82 Å². The zero-order valence-electron chi connectivity index (χ0n) is 24.2. The van der Waals surface area contributed by atoms with Gasteiger partial charge in [-0.05, 0) is 80.4 Å². The number of hydrogen-bond donors (Lipinski definition) is 0. The second-order valence-corrected chi connectivity index (χ2v) is 13.2. The van der Waals surface area contributed by atoms with Crippen molar-refractivity contribution in [2.45, 2.75) is 49.7 Å². The lowest BCUT2D eigenvalue weighted by Crippen LogP contribution is -2.63. The highest BCUT2D eigenvalue weighted by Gasteiger charge is 2.49. The van der Waals surface area contributed by atoms with Crippen LogP contribution in [0.25, 0.3) is 32.8 Å². The third-order valence-corrected chi connectivity index (χ3v) is 11.0. The van der Waals surface area contributed by atoms with E-state index in [1.165, 1.54) is 25.0 Å². The first kappa shape index (κ1) is 28.0. The average Bonchev–Trinajstić information content (AvgIpc) is 3.70. The zero-order chi connectivity index (χ0) is 30.2. The molecular weight excluding hydrogens is 600 g/mol. The highest BCUT2D eigenvalue weighted by Crippen LogP contribution is 2.44. The van der Waals surface area contributed by atoms with Crippen LogP contribution in [0.3, 0.4) is 0 Å². The number of carbonyl (C=O) groups excluding carboxylic acids is 1. The highest BCUT2D eigenvalue weighted by atomic mass is 35.5. The average molecular weight is 633 g/mol. The molecule has 0 bridgehead atoms. The van der Waals surface area contributed by atoms with E-state index in [2.05, 4.69) is 16.4 Å². The molecule has 0 saturated carbocycles. The van der Waals surface area contributed by atoms with E-state index in [1.54, 1.807) is 6.07 Å². The van der Waals surface area contributed by atoms with Crippen molar-refractivity contribution in [3.05, 3.63) is 71.0 Å². The maximum absolute atomic E-state index is 14.6. The van der Waals surface area contributed by atoms with E-state index >= 15 is 0 Å². The molecule has 4 fully saturated rings. The third kappa shape index (κ3) is 4.29. The fourth-order valence-electron chi connectivity index (χ4n) is 8.05. The van der Waals surface area contributed by atoms with E-state index in [0.29, 0.717) is 47.2 Å². The van der Waals surface area contributed by atoms with Crippen molar-refractivity contribution in [1.82, 2.24) is 19.8 Å². The molecule has 5 heterocycles. The fourth-order valence-corrected chi connectivity index (χ4v) is 8.59. The van der Waals surface area contributed by atoms with Crippen LogP contribution in [-0.4, -0.2) is 76.1 Å². The van der Waals surface area contributed by atoms with E-state index in [-0.39, 0.29) is 28.6 Å². The predicted octanol–water partition coefficient (Wildman–Crippen LogP) is 6.88. The van der Waals surface area contributed by atoms with Crippen molar-refractivity contribution in [3.8, 4) is 17.1 Å². The van der Waals surface area contributed by atoms with Gasteiger partial charge in [0.15, 0.2) is 0 Å². The molecule has 0 N–H and O–H groups in total. The minimum atomic E-state index is -0.482. The molecule has 0 spiro atoms. The summed E-state index contributed by atoms with van der Waals surface area (Å²) >= 11 is 13.5. The first-order chi connectivity index (χ1) is 21.4. The van der Waals surface area contributed by atoms with Gasteiger partial charge in [-0.1, -0.05) is 54.0 Å². The minimum Gasteiger partial charge on any atom is -0.461 e. The second kappa shape index (κ2) is 10.6. The fraction of sp³-hybridized carbons (Fsp3) is 0.382. The summed E-state index contributed by atoms with van der Waals surface area (Å²) in [4.78, 5) is 29.1. The van der Waals surface area contributed by atoms with E-state index in [4.69, 9.17) is 37.9 Å². The van der Waals surface area contributed by atoms with Crippen molar-refractivity contribution in [2.75, 3.05) is 37.7 Å². The number of benzene rings is 3. The Morgan fingerprint density at radius 3 is 2.68 bits per heavy atom. The number of likely N-dealkylation sites (tertiary alicyclic amines) is 1. The minimum absolute atomic E-state index is 0.0384. The lowest BCUT2D eigenvalue weighted by atomic mass is 9.95. The van der Waals surface area contributed by atoms with Crippen LogP contribution in [0.4, 0.5) is 10.2 Å². The highest BCUT2D eigenvalue weighted by molar-refractivity contribution is 6.38. The maximum atomic E-state index is 14.6. The molecule has 7 nitrogen and oxygen atoms in total. The number of halogens is 3. The molecule has 10 heteroatoms. The number of rotatable bonds is 6. The Bertz CT molecular complexity index is 1840. The van der Waals surface area contributed by atoms with Crippen LogP contribution >= 0.6 is 23.2 Å². The first-order valence-electron chi connectivity index (χ1n) is 15.3. The number of amides is 1. The number of carbonyl (C=O) groups is 1. The second-order valence-electron chi connectivity index (χ2n) is 12.5. The number of nitrogens with zero attached hydrogens (tertiary/aromatic N) is 5. The molecule has 226 valence electrons. The van der Waals surface area contributed by atoms with Gasteiger partial charge in [-0.2, -0.15) is 9.97 Å². The van der Waals surface area contributed by atoms with Gasteiger partial charge in [-0.3, -0.25) is 9.69 Å². The number of anilines is 1. The Balaban J connectivity index is 1.23. The van der Waals surface area contributed by atoms with Crippen molar-refractivity contribution in [3.63, 3.8) is 0 Å². The molecule has 1 amide bonds. The van der Waals surface area contributed by atoms with Gasteiger partial charge in [0.2, 0.25) is 5.91 Å². The first-order valence-corrected chi connectivity index (χ1v) is 16.1. The van der Waals surface area contributed by atoms with Crippen LogP contribution in [0.15, 0.2) is 55.1 Å². The summed E-state index contributed by atoms with van der Waals surface area (Å²) in [5.74, 6) is 0.231. The monoisotopic (exact) mass is 631 g/mol. The number of ether oxygens (including phenoxy) is 1. The summed E-state index contributed by atoms with van der Waals surface area (Å²) in [5.41, 5.74) is 2.16. The quantitative estimate of drug-likeness (QED) is 0.216. The van der Waals surface area contributed by atoms with Crippen molar-refractivity contribution < 1.29 is 13.9 Å². The number of fused-ring (bicyclic) bond motifs is 4. The smallest absolute Gasteiger partial charge is 0.319 e. The van der Waals surface area contributed by atoms with Crippen molar-refractivity contribution >= 4 is 56.6 Å². The van der Waals surface area contributed by atoms with Crippen LogP contribution in [0.2, 0.25) is 10.0 Å². The topological polar surface area (TPSA) is 61.8 Å². The Kier molecular flexibility index (Phi) is 6.74. The lowest BCUT2D eigenvalue weighted by molar-refractivity contribution is -0.127. The van der Waals surface area contributed by atoms with Crippen LogP contribution in [0.1, 0.15) is 32.1 Å². The van der Waals surface area contributed by atoms with Crippen molar-refractivity contribution in [1.29, 1.82) is 0 Å². The molecule has 0 aliphatic carbocycles. The molecule has 8 rings (SSSR count). The van der Waals surface area contributed by atoms with Gasteiger partial charge in [0.1, 0.15) is 18.2 Å². The Morgan fingerprint density at radius 2 is 1.89 bits per heavy atom. The van der Waals surface area contributed by atoms with E-state index in [9.17, 15) is 9.18 Å². The Morgan fingerprint density at radius 1 is 1.07 bits per heavy atom. The van der Waals surface area contributed by atoms with Gasteiger partial charge in [0, 0.05) is 34.4 Å². The van der Waals surface area contributed by atoms with Gasteiger partial charge < -0.3 is 14.5 Å². The summed E-state index contributed by atoms with van der Waals surface area (Å²) in [6.45, 7) is 7.79. The molecule has 3 aromatic carbocycles. The molecule has 0 radical (unpaired) electrons. The molecule has 4 aliphatic rings. The summed E-state index contributed by atoms with van der Waals surface area (Å²) in [7, 11) is 0. The largest absolute Gasteiger partial charge is 0.461 e. The van der Waals surface area contributed by atoms with Crippen LogP contribution in [-0.2, 0) is 4.79 Å². The molecule has 44 heavy (non-hydrogen) atoms. The van der Waals surface area contributed by atoms with E-state index in [1.807, 2.05) is 35.2 Å². The van der Waals surface area contributed by atoms with Gasteiger partial charge in [-0.15, -0.1) is 0 Å². The van der Waals surface area contributed by atoms with E-state index in [0.717, 1.165) is 54.5 Å². The molecule has 2 atom stereocenters. The van der Waals surface area contributed by atoms with Gasteiger partial charge in [0.05, 0.1) is 28.2 Å². The standard InChI is InChI=1S/C34H32Cl2FN5O2/c1-2-29(43)41-15-10-27-28(41)18-42(27)32-23-16-24(35)22(21-7-3-6-20-8-9-25(37)31(36)30(20)21)17-26(23)38-33(39-32)44-19-34-11-4-13-40(34)14-5-12-34/h2-3,6-9,16-17,27-28H,1,4-5,10-15,18-19H2/t27-,28+/m0/s1. The van der Waals surface area contributed by atoms with Gasteiger partial charge >= 0.3 is 6.01 Å². The maximum Gasteiger partial charge on any atom is 0.319 e. The predicted molar refractivity (Wildman–Crippen MR) is 172 cm³/mol. The third-order valence-electron chi connectivity index (χ3n) is 10.3. The zero-order valence-corrected chi connectivity index (χ0v) is 25.7. The molecule has 4 aliphatic heterocycles. The van der Waals surface area contributed by atoms with Crippen LogP contribution < -0.4 is 9.64 Å². The van der Waals surface area contributed by atoms with Gasteiger partial charge in [-0.25, -0.2) is 4.39 Å². The number of hydrogen-bond acceptors (Lipinski definition) is 6. The Labute approximate surface area is 265 Å². The molecule has 4 saturated heterocycles.